The molecule has 1 aliphatic rings. The van der Waals surface area contributed by atoms with Crippen molar-refractivity contribution in [3.05, 3.63) is 95.6 Å². The molecule has 0 N–H and O–H groups in total. The van der Waals surface area contributed by atoms with Crippen LogP contribution in [0.15, 0.2) is 78.9 Å². The Morgan fingerprint density at radius 3 is 2.32 bits per heavy atom. The fraction of sp³-hybridized carbons (Fsp3) is 0.167. The monoisotopic (exact) mass is 368 g/mol. The molecule has 3 aromatic carbocycles. The van der Waals surface area contributed by atoms with Gasteiger partial charge in [-0.25, -0.2) is 0 Å². The molecule has 1 fully saturated rings. The number of hydrogen-bond donors (Lipinski definition) is 0. The molecular weight excluding hydrogens is 348 g/mol. The molecule has 28 heavy (non-hydrogen) atoms. The number of amides is 1. The van der Waals surface area contributed by atoms with E-state index in [-0.39, 0.29) is 12.3 Å². The first-order valence-electron chi connectivity index (χ1n) is 9.21. The highest BCUT2D eigenvalue weighted by Crippen LogP contribution is 2.45. The van der Waals surface area contributed by atoms with Gasteiger partial charge in [0.2, 0.25) is 5.91 Å². The Morgan fingerprint density at radius 2 is 1.68 bits per heavy atom. The average Bonchev–Trinajstić information content (AvgIpc) is 2.73. The quantitative estimate of drug-likeness (QED) is 0.612. The van der Waals surface area contributed by atoms with Gasteiger partial charge in [0.15, 0.2) is 5.54 Å². The highest BCUT2D eigenvalue weighted by Gasteiger charge is 2.54. The van der Waals surface area contributed by atoms with Gasteiger partial charge in [-0.3, -0.25) is 9.69 Å². The maximum absolute atomic E-state index is 12.4. The van der Waals surface area contributed by atoms with Crippen LogP contribution in [0.5, 0.6) is 5.75 Å². The van der Waals surface area contributed by atoms with Gasteiger partial charge in [0.05, 0.1) is 12.5 Å². The van der Waals surface area contributed by atoms with Crippen LogP contribution in [0.4, 0.5) is 5.69 Å². The summed E-state index contributed by atoms with van der Waals surface area (Å²) in [5.74, 6) is 0.689. The van der Waals surface area contributed by atoms with Gasteiger partial charge in [-0.1, -0.05) is 60.7 Å². The van der Waals surface area contributed by atoms with Gasteiger partial charge in [0.1, 0.15) is 12.4 Å². The molecule has 1 amide bonds. The summed E-state index contributed by atoms with van der Waals surface area (Å²) in [5, 5.41) is 9.98. The molecule has 0 radical (unpaired) electrons. The number of rotatable bonds is 5. The summed E-state index contributed by atoms with van der Waals surface area (Å²) in [6, 6.07) is 27.4. The van der Waals surface area contributed by atoms with Gasteiger partial charge in [-0.15, -0.1) is 0 Å². The van der Waals surface area contributed by atoms with Gasteiger partial charge < -0.3 is 4.74 Å². The Balaban J connectivity index is 1.58. The van der Waals surface area contributed by atoms with E-state index in [1.807, 2.05) is 85.8 Å². The third kappa shape index (κ3) is 3.01. The fourth-order valence-corrected chi connectivity index (χ4v) is 3.61. The first kappa shape index (κ1) is 17.8. The van der Waals surface area contributed by atoms with Gasteiger partial charge in [-0.2, -0.15) is 5.26 Å². The lowest BCUT2D eigenvalue weighted by atomic mass is 9.78. The molecule has 1 aliphatic heterocycles. The smallest absolute Gasteiger partial charge is 0.232 e. The molecule has 4 rings (SSSR count). The zero-order chi connectivity index (χ0) is 19.6. The van der Waals surface area contributed by atoms with Crippen LogP contribution in [-0.2, 0) is 16.9 Å². The summed E-state index contributed by atoms with van der Waals surface area (Å²) >= 11 is 0. The molecule has 1 heterocycles. The number of carbonyl (C=O) groups is 1. The lowest BCUT2D eigenvalue weighted by Crippen LogP contribution is -2.61. The SMILES string of the molecule is Cc1ccccc1N1C(=O)C[C@]1(C#N)c1ccc(OCc2ccccc2)cc1. The summed E-state index contributed by atoms with van der Waals surface area (Å²) in [6.45, 7) is 2.43. The van der Waals surface area contributed by atoms with E-state index in [0.717, 1.165) is 28.1 Å². The van der Waals surface area contributed by atoms with Crippen LogP contribution < -0.4 is 9.64 Å². The highest BCUT2D eigenvalue weighted by atomic mass is 16.5. The number of anilines is 1. The van der Waals surface area contributed by atoms with Crippen molar-refractivity contribution in [1.29, 1.82) is 5.26 Å². The van der Waals surface area contributed by atoms with Crippen LogP contribution in [-0.4, -0.2) is 5.91 Å². The van der Waals surface area contributed by atoms with E-state index in [1.54, 1.807) is 4.90 Å². The number of nitrogens with zero attached hydrogens (tertiary/aromatic N) is 2. The number of nitriles is 1. The minimum Gasteiger partial charge on any atom is -0.489 e. The molecule has 0 spiro atoms. The summed E-state index contributed by atoms with van der Waals surface area (Å²) in [7, 11) is 0. The third-order valence-electron chi connectivity index (χ3n) is 5.16. The Morgan fingerprint density at radius 1 is 1.00 bits per heavy atom. The standard InChI is InChI=1S/C24H20N2O2/c1-18-7-5-6-10-22(18)26-23(27)15-24(26,17-25)20-11-13-21(14-12-20)28-16-19-8-3-2-4-9-19/h2-14H,15-16H2,1H3/t24-/m0/s1. The second kappa shape index (κ2) is 7.21. The maximum atomic E-state index is 12.4. The van der Waals surface area contributed by atoms with Crippen LogP contribution in [0.25, 0.3) is 0 Å². The van der Waals surface area contributed by atoms with E-state index in [9.17, 15) is 10.1 Å². The van der Waals surface area contributed by atoms with Crippen LogP contribution in [0.3, 0.4) is 0 Å². The first-order valence-corrected chi connectivity index (χ1v) is 9.21. The molecule has 3 aromatic rings. The summed E-state index contributed by atoms with van der Waals surface area (Å²) < 4.78 is 5.83. The number of β-lactam (4-membered cyclic amide) rings is 1. The molecule has 1 saturated heterocycles. The largest absolute Gasteiger partial charge is 0.489 e. The topological polar surface area (TPSA) is 53.3 Å². The van der Waals surface area contributed by atoms with E-state index in [2.05, 4.69) is 6.07 Å². The predicted molar refractivity (Wildman–Crippen MR) is 108 cm³/mol. The third-order valence-corrected chi connectivity index (χ3v) is 5.16. The molecular formula is C24H20N2O2. The summed E-state index contributed by atoms with van der Waals surface area (Å²) in [4.78, 5) is 14.0. The number of para-hydroxylation sites is 1. The maximum Gasteiger partial charge on any atom is 0.232 e. The Hall–Kier alpha value is -3.58. The van der Waals surface area contributed by atoms with Crippen molar-refractivity contribution in [1.82, 2.24) is 0 Å². The van der Waals surface area contributed by atoms with Crippen molar-refractivity contribution in [2.75, 3.05) is 4.90 Å². The second-order valence-corrected chi connectivity index (χ2v) is 6.96. The Bertz CT molecular complexity index is 1040. The van der Waals surface area contributed by atoms with Crippen molar-refractivity contribution in [2.24, 2.45) is 0 Å². The molecule has 1 atom stereocenters. The van der Waals surface area contributed by atoms with E-state index >= 15 is 0 Å². The zero-order valence-electron chi connectivity index (χ0n) is 15.6. The number of carbonyl (C=O) groups excluding carboxylic acids is 1. The second-order valence-electron chi connectivity index (χ2n) is 6.96. The fourth-order valence-electron chi connectivity index (χ4n) is 3.61. The van der Waals surface area contributed by atoms with Crippen molar-refractivity contribution < 1.29 is 9.53 Å². The molecule has 0 bridgehead atoms. The Kier molecular flexibility index (Phi) is 4.58. The number of ether oxygens (including phenoxy) is 1. The Labute approximate surface area is 164 Å². The van der Waals surface area contributed by atoms with Crippen molar-refractivity contribution in [3.8, 4) is 11.8 Å². The zero-order valence-corrected chi connectivity index (χ0v) is 15.6. The van der Waals surface area contributed by atoms with E-state index in [4.69, 9.17) is 4.74 Å². The molecule has 0 aromatic heterocycles. The van der Waals surface area contributed by atoms with Crippen molar-refractivity contribution >= 4 is 11.6 Å². The van der Waals surface area contributed by atoms with Crippen LogP contribution in [0, 0.1) is 18.3 Å². The molecule has 0 saturated carbocycles. The predicted octanol–water partition coefficient (Wildman–Crippen LogP) is 4.73. The summed E-state index contributed by atoms with van der Waals surface area (Å²) in [5.41, 5.74) is 2.67. The first-order chi connectivity index (χ1) is 13.6. The number of aryl methyl sites for hydroxylation is 1. The van der Waals surface area contributed by atoms with E-state index < -0.39 is 5.54 Å². The normalized spacial score (nSPS) is 18.3. The molecule has 0 aliphatic carbocycles. The summed E-state index contributed by atoms with van der Waals surface area (Å²) in [6.07, 6.45) is 0.183. The van der Waals surface area contributed by atoms with Crippen LogP contribution in [0.1, 0.15) is 23.1 Å². The average molecular weight is 368 g/mol. The van der Waals surface area contributed by atoms with Gasteiger partial charge in [0, 0.05) is 5.69 Å². The minimum absolute atomic E-state index is 0.0414. The number of benzene rings is 3. The van der Waals surface area contributed by atoms with Crippen LogP contribution in [0.2, 0.25) is 0 Å². The van der Waals surface area contributed by atoms with Crippen molar-refractivity contribution in [3.63, 3.8) is 0 Å². The lowest BCUT2D eigenvalue weighted by Gasteiger charge is -2.48. The lowest BCUT2D eigenvalue weighted by molar-refractivity contribution is -0.126. The molecule has 0 unspecified atom stereocenters. The van der Waals surface area contributed by atoms with E-state index in [1.165, 1.54) is 0 Å². The minimum atomic E-state index is -0.971. The molecule has 138 valence electrons. The highest BCUT2D eigenvalue weighted by molar-refractivity contribution is 6.04. The van der Waals surface area contributed by atoms with Crippen molar-refractivity contribution in [2.45, 2.75) is 25.5 Å². The molecule has 4 nitrogen and oxygen atoms in total. The van der Waals surface area contributed by atoms with Gasteiger partial charge in [0.25, 0.3) is 0 Å². The number of hydrogen-bond acceptors (Lipinski definition) is 3. The van der Waals surface area contributed by atoms with E-state index in [0.29, 0.717) is 6.61 Å². The molecule has 4 heteroatoms. The van der Waals surface area contributed by atoms with Gasteiger partial charge in [-0.05, 0) is 41.8 Å². The van der Waals surface area contributed by atoms with Gasteiger partial charge >= 0.3 is 0 Å². The van der Waals surface area contributed by atoms with Crippen LogP contribution >= 0.6 is 0 Å².